The first kappa shape index (κ1) is 21.1. The number of halogens is 2. The van der Waals surface area contributed by atoms with E-state index in [1.807, 2.05) is 18.2 Å². The maximum Gasteiger partial charge on any atom is 0.270 e. The summed E-state index contributed by atoms with van der Waals surface area (Å²) in [6, 6.07) is 7.88. The average molecular weight is 416 g/mol. The van der Waals surface area contributed by atoms with Crippen molar-refractivity contribution in [1.29, 1.82) is 0 Å². The summed E-state index contributed by atoms with van der Waals surface area (Å²) in [5.74, 6) is -0.146. The number of nitrogens with zero attached hydrogens (tertiary/aromatic N) is 1. The Morgan fingerprint density at radius 2 is 2.15 bits per heavy atom. The number of carbonyl (C=O) groups is 1. The van der Waals surface area contributed by atoms with Gasteiger partial charge in [-0.25, -0.2) is 4.98 Å². The van der Waals surface area contributed by atoms with Gasteiger partial charge in [-0.05, 0) is 37.1 Å². The molecule has 142 valence electrons. The summed E-state index contributed by atoms with van der Waals surface area (Å²) in [6.07, 6.45) is 2.40. The number of ether oxygens (including phenoxy) is 1. The van der Waals surface area contributed by atoms with Crippen molar-refractivity contribution in [2.45, 2.75) is 24.7 Å². The number of benzene rings is 1. The van der Waals surface area contributed by atoms with Crippen LogP contribution in [0.2, 0.25) is 5.02 Å². The first-order valence-corrected chi connectivity index (χ1v) is 9.65. The second-order valence-corrected chi connectivity index (χ2v) is 7.63. The molecule has 1 fully saturated rings. The summed E-state index contributed by atoms with van der Waals surface area (Å²) < 4.78 is 5.53. The van der Waals surface area contributed by atoms with E-state index in [9.17, 15) is 4.79 Å². The van der Waals surface area contributed by atoms with Crippen molar-refractivity contribution in [3.8, 4) is 0 Å². The van der Waals surface area contributed by atoms with Crippen molar-refractivity contribution in [2.75, 3.05) is 26.3 Å². The van der Waals surface area contributed by atoms with E-state index in [1.54, 1.807) is 5.38 Å². The SMILES string of the molecule is Cl.NCCc1nc(C(=O)NCC2(c3cccc(Cl)c3)CCOCC2)cs1. The lowest BCUT2D eigenvalue weighted by molar-refractivity contribution is 0.0487. The van der Waals surface area contributed by atoms with Gasteiger partial charge in [-0.2, -0.15) is 0 Å². The molecule has 1 amide bonds. The second-order valence-electron chi connectivity index (χ2n) is 6.25. The second kappa shape index (κ2) is 9.67. The first-order valence-electron chi connectivity index (χ1n) is 8.39. The van der Waals surface area contributed by atoms with Gasteiger partial charge in [0.1, 0.15) is 5.69 Å². The van der Waals surface area contributed by atoms with Crippen molar-refractivity contribution in [3.63, 3.8) is 0 Å². The van der Waals surface area contributed by atoms with Crippen LogP contribution >= 0.6 is 35.3 Å². The Morgan fingerprint density at radius 1 is 1.38 bits per heavy atom. The minimum absolute atomic E-state index is 0. The minimum Gasteiger partial charge on any atom is -0.381 e. The van der Waals surface area contributed by atoms with E-state index in [0.29, 0.717) is 43.4 Å². The molecule has 0 radical (unpaired) electrons. The molecule has 5 nitrogen and oxygen atoms in total. The van der Waals surface area contributed by atoms with E-state index in [-0.39, 0.29) is 23.7 Å². The van der Waals surface area contributed by atoms with Crippen LogP contribution in [0.5, 0.6) is 0 Å². The Kier molecular flexibility index (Phi) is 7.85. The summed E-state index contributed by atoms with van der Waals surface area (Å²) in [5, 5.41) is 6.45. The fourth-order valence-electron chi connectivity index (χ4n) is 3.14. The van der Waals surface area contributed by atoms with Gasteiger partial charge in [-0.3, -0.25) is 4.79 Å². The van der Waals surface area contributed by atoms with E-state index >= 15 is 0 Å². The van der Waals surface area contributed by atoms with Crippen LogP contribution in [-0.4, -0.2) is 37.2 Å². The zero-order valence-corrected chi connectivity index (χ0v) is 16.8. The lowest BCUT2D eigenvalue weighted by Crippen LogP contribution is -2.44. The zero-order chi connectivity index (χ0) is 17.7. The molecule has 0 spiro atoms. The van der Waals surface area contributed by atoms with Gasteiger partial charge in [0.15, 0.2) is 0 Å². The molecule has 0 aliphatic carbocycles. The van der Waals surface area contributed by atoms with Gasteiger partial charge in [0.2, 0.25) is 0 Å². The molecule has 2 heterocycles. The van der Waals surface area contributed by atoms with E-state index < -0.39 is 0 Å². The van der Waals surface area contributed by atoms with Gasteiger partial charge in [-0.15, -0.1) is 23.7 Å². The van der Waals surface area contributed by atoms with Gasteiger partial charge in [0, 0.05) is 42.0 Å². The Hall–Kier alpha value is -1.18. The van der Waals surface area contributed by atoms with Crippen molar-refractivity contribution >= 4 is 41.3 Å². The summed E-state index contributed by atoms with van der Waals surface area (Å²) in [6.45, 7) is 2.44. The third-order valence-corrected chi connectivity index (χ3v) is 5.76. The summed E-state index contributed by atoms with van der Waals surface area (Å²) in [7, 11) is 0. The van der Waals surface area contributed by atoms with Crippen LogP contribution in [0.3, 0.4) is 0 Å². The molecule has 1 aliphatic rings. The molecule has 1 aliphatic heterocycles. The van der Waals surface area contributed by atoms with Crippen LogP contribution in [0, 0.1) is 0 Å². The number of rotatable bonds is 6. The van der Waals surface area contributed by atoms with E-state index in [2.05, 4.69) is 16.4 Å². The van der Waals surface area contributed by atoms with Crippen LogP contribution in [0.25, 0.3) is 0 Å². The van der Waals surface area contributed by atoms with Crippen LogP contribution in [0.1, 0.15) is 33.9 Å². The molecule has 0 saturated carbocycles. The number of nitrogens with one attached hydrogen (secondary N) is 1. The summed E-state index contributed by atoms with van der Waals surface area (Å²) in [5.41, 5.74) is 6.99. The number of nitrogens with two attached hydrogens (primary N) is 1. The number of carbonyl (C=O) groups excluding carboxylic acids is 1. The van der Waals surface area contributed by atoms with E-state index in [4.69, 9.17) is 22.1 Å². The maximum atomic E-state index is 12.5. The zero-order valence-electron chi connectivity index (χ0n) is 14.4. The number of aromatic nitrogens is 1. The van der Waals surface area contributed by atoms with Gasteiger partial charge < -0.3 is 15.8 Å². The molecular weight excluding hydrogens is 393 g/mol. The molecule has 2 aromatic rings. The van der Waals surface area contributed by atoms with Crippen molar-refractivity contribution in [1.82, 2.24) is 10.3 Å². The van der Waals surface area contributed by atoms with Gasteiger partial charge in [0.25, 0.3) is 5.91 Å². The third-order valence-electron chi connectivity index (χ3n) is 4.62. The predicted octanol–water partition coefficient (Wildman–Crippen LogP) is 3.20. The number of amides is 1. The Balaban J connectivity index is 0.00000243. The molecule has 3 N–H and O–H groups in total. The van der Waals surface area contributed by atoms with Gasteiger partial charge in [0.05, 0.1) is 5.01 Å². The molecule has 1 saturated heterocycles. The predicted molar refractivity (Wildman–Crippen MR) is 108 cm³/mol. The van der Waals surface area contributed by atoms with E-state index in [1.165, 1.54) is 11.3 Å². The summed E-state index contributed by atoms with van der Waals surface area (Å²) >= 11 is 7.65. The highest BCUT2D eigenvalue weighted by Crippen LogP contribution is 2.35. The van der Waals surface area contributed by atoms with Crippen molar-refractivity contribution < 1.29 is 9.53 Å². The molecular formula is C18H23Cl2N3O2S. The lowest BCUT2D eigenvalue weighted by Gasteiger charge is -2.38. The molecule has 8 heteroatoms. The van der Waals surface area contributed by atoms with Crippen LogP contribution in [0.15, 0.2) is 29.6 Å². The van der Waals surface area contributed by atoms with Crippen LogP contribution < -0.4 is 11.1 Å². The fourth-order valence-corrected chi connectivity index (χ4v) is 4.13. The number of thiazole rings is 1. The van der Waals surface area contributed by atoms with E-state index in [0.717, 1.165) is 23.4 Å². The molecule has 1 aromatic carbocycles. The third kappa shape index (κ3) is 4.96. The minimum atomic E-state index is -0.158. The highest BCUT2D eigenvalue weighted by atomic mass is 35.5. The Morgan fingerprint density at radius 3 is 2.85 bits per heavy atom. The molecule has 3 rings (SSSR count). The monoisotopic (exact) mass is 415 g/mol. The highest BCUT2D eigenvalue weighted by molar-refractivity contribution is 7.09. The largest absolute Gasteiger partial charge is 0.381 e. The Bertz CT molecular complexity index is 733. The quantitative estimate of drug-likeness (QED) is 0.758. The van der Waals surface area contributed by atoms with Crippen LogP contribution in [0.4, 0.5) is 0 Å². The first-order chi connectivity index (χ1) is 12.1. The summed E-state index contributed by atoms with van der Waals surface area (Å²) in [4.78, 5) is 16.8. The van der Waals surface area contributed by atoms with Crippen molar-refractivity contribution in [3.05, 3.63) is 50.9 Å². The molecule has 26 heavy (non-hydrogen) atoms. The number of hydrogen-bond acceptors (Lipinski definition) is 5. The fraction of sp³-hybridized carbons (Fsp3) is 0.444. The smallest absolute Gasteiger partial charge is 0.270 e. The van der Waals surface area contributed by atoms with Gasteiger partial charge >= 0.3 is 0 Å². The molecule has 0 atom stereocenters. The molecule has 1 aromatic heterocycles. The van der Waals surface area contributed by atoms with Gasteiger partial charge in [-0.1, -0.05) is 23.7 Å². The lowest BCUT2D eigenvalue weighted by atomic mass is 9.74. The molecule has 0 bridgehead atoms. The van der Waals surface area contributed by atoms with Crippen molar-refractivity contribution in [2.24, 2.45) is 5.73 Å². The number of hydrogen-bond donors (Lipinski definition) is 2. The topological polar surface area (TPSA) is 77.2 Å². The maximum absolute atomic E-state index is 12.5. The standard InChI is InChI=1S/C18H22ClN3O2S.ClH/c19-14-3-1-2-13(10-14)18(5-8-24-9-6-18)12-21-17(23)15-11-25-16(22-15)4-7-20;/h1-3,10-11H,4-9,12,20H2,(H,21,23);1H. The van der Waals surface area contributed by atoms with Crippen LogP contribution in [-0.2, 0) is 16.6 Å². The normalized spacial score (nSPS) is 15.9. The molecule has 0 unspecified atom stereocenters. The average Bonchev–Trinajstić information content (AvgIpc) is 3.10. The highest BCUT2D eigenvalue weighted by Gasteiger charge is 2.35. The Labute approximate surface area is 168 Å².